The van der Waals surface area contributed by atoms with Gasteiger partial charge in [-0.1, -0.05) is 35.4 Å². The minimum Gasteiger partial charge on any atom is -0.458 e. The van der Waals surface area contributed by atoms with E-state index in [1.807, 2.05) is 30.3 Å². The van der Waals surface area contributed by atoms with E-state index in [4.69, 9.17) is 24.5 Å². The van der Waals surface area contributed by atoms with Crippen molar-refractivity contribution in [2.24, 2.45) is 5.11 Å². The fraction of sp³-hybridized carbons (Fsp3) is 0.529. The summed E-state index contributed by atoms with van der Waals surface area (Å²) in [4.78, 5) is 25.8. The van der Waals surface area contributed by atoms with Gasteiger partial charge in [-0.3, -0.25) is 9.59 Å². The SMILES string of the molecule is CC(=O)O[C@@H]1[C@@H](OCc2ccccc2)O[C@H](C)[C@H](N=[N+]=[N-])[C@@H]1OC(C)=O. The standard InChI is InChI=1S/C17H21N3O6/c1-10-14(19-20-18)15(25-11(2)21)16(26-12(3)22)17(24-10)23-9-13-7-5-4-6-8-13/h4-8,10,14-17H,9H2,1-3H3/t10-,14+,15+,16+,17+/m1/s1. The number of nitrogens with zero attached hydrogens (tertiary/aromatic N) is 3. The lowest BCUT2D eigenvalue weighted by Gasteiger charge is -2.42. The Labute approximate surface area is 150 Å². The molecule has 26 heavy (non-hydrogen) atoms. The molecule has 140 valence electrons. The highest BCUT2D eigenvalue weighted by atomic mass is 16.7. The van der Waals surface area contributed by atoms with E-state index in [1.165, 1.54) is 13.8 Å². The smallest absolute Gasteiger partial charge is 0.303 e. The minimum atomic E-state index is -1.06. The summed E-state index contributed by atoms with van der Waals surface area (Å²) in [5, 5.41) is 3.64. The first kappa shape index (κ1) is 19.7. The maximum absolute atomic E-state index is 11.5. The Hall–Kier alpha value is -2.61. The molecule has 1 fully saturated rings. The summed E-state index contributed by atoms with van der Waals surface area (Å²) in [5.74, 6) is -1.19. The molecule has 0 bridgehead atoms. The van der Waals surface area contributed by atoms with Crippen molar-refractivity contribution in [2.75, 3.05) is 0 Å². The Morgan fingerprint density at radius 1 is 1.15 bits per heavy atom. The van der Waals surface area contributed by atoms with Crippen molar-refractivity contribution in [3.63, 3.8) is 0 Å². The first-order valence-electron chi connectivity index (χ1n) is 8.12. The lowest BCUT2D eigenvalue weighted by molar-refractivity contribution is -0.280. The second-order valence-corrected chi connectivity index (χ2v) is 5.85. The van der Waals surface area contributed by atoms with E-state index < -0.39 is 42.6 Å². The fourth-order valence-corrected chi connectivity index (χ4v) is 2.73. The highest BCUT2D eigenvalue weighted by Gasteiger charge is 2.48. The van der Waals surface area contributed by atoms with Crippen LogP contribution in [0.1, 0.15) is 26.3 Å². The molecule has 0 amide bonds. The third kappa shape index (κ3) is 5.19. The van der Waals surface area contributed by atoms with Crippen LogP contribution >= 0.6 is 0 Å². The maximum Gasteiger partial charge on any atom is 0.303 e. The van der Waals surface area contributed by atoms with E-state index in [9.17, 15) is 9.59 Å². The van der Waals surface area contributed by atoms with Crippen LogP contribution in [0.4, 0.5) is 0 Å². The summed E-state index contributed by atoms with van der Waals surface area (Å²) in [6.45, 7) is 4.31. The van der Waals surface area contributed by atoms with Crippen LogP contribution in [0.25, 0.3) is 10.4 Å². The predicted octanol–water partition coefficient (Wildman–Crippen LogP) is 2.49. The molecule has 1 aliphatic heterocycles. The largest absolute Gasteiger partial charge is 0.458 e. The van der Waals surface area contributed by atoms with Crippen LogP contribution in [0.3, 0.4) is 0 Å². The molecule has 0 radical (unpaired) electrons. The average Bonchev–Trinajstić information content (AvgIpc) is 2.59. The van der Waals surface area contributed by atoms with Crippen LogP contribution in [-0.4, -0.2) is 42.6 Å². The number of ether oxygens (including phenoxy) is 4. The van der Waals surface area contributed by atoms with Gasteiger partial charge in [0.25, 0.3) is 0 Å². The van der Waals surface area contributed by atoms with Gasteiger partial charge in [0.15, 0.2) is 18.5 Å². The van der Waals surface area contributed by atoms with Crippen LogP contribution in [0.15, 0.2) is 35.4 Å². The molecule has 2 rings (SSSR count). The normalized spacial score (nSPS) is 27.9. The Morgan fingerprint density at radius 3 is 2.35 bits per heavy atom. The zero-order valence-electron chi connectivity index (χ0n) is 14.8. The monoisotopic (exact) mass is 363 g/mol. The van der Waals surface area contributed by atoms with Crippen molar-refractivity contribution in [1.82, 2.24) is 0 Å². The Balaban J connectivity index is 2.24. The fourth-order valence-electron chi connectivity index (χ4n) is 2.73. The van der Waals surface area contributed by atoms with E-state index in [1.54, 1.807) is 6.92 Å². The molecule has 0 N–H and O–H groups in total. The van der Waals surface area contributed by atoms with Crippen molar-refractivity contribution in [3.8, 4) is 0 Å². The topological polar surface area (TPSA) is 120 Å². The van der Waals surface area contributed by atoms with Crippen molar-refractivity contribution in [1.29, 1.82) is 0 Å². The Morgan fingerprint density at radius 2 is 1.77 bits per heavy atom. The van der Waals surface area contributed by atoms with Crippen molar-refractivity contribution < 1.29 is 28.5 Å². The molecule has 0 unspecified atom stereocenters. The van der Waals surface area contributed by atoms with Crippen molar-refractivity contribution in [3.05, 3.63) is 46.3 Å². The van der Waals surface area contributed by atoms with Gasteiger partial charge in [-0.25, -0.2) is 0 Å². The minimum absolute atomic E-state index is 0.203. The van der Waals surface area contributed by atoms with E-state index in [-0.39, 0.29) is 6.61 Å². The van der Waals surface area contributed by atoms with E-state index >= 15 is 0 Å². The molecule has 0 aromatic heterocycles. The van der Waals surface area contributed by atoms with Crippen LogP contribution in [0.5, 0.6) is 0 Å². The molecule has 1 aromatic carbocycles. The molecule has 0 spiro atoms. The van der Waals surface area contributed by atoms with Crippen molar-refractivity contribution >= 4 is 11.9 Å². The number of esters is 2. The summed E-state index contributed by atoms with van der Waals surface area (Å²) >= 11 is 0. The molecular formula is C17H21N3O6. The molecular weight excluding hydrogens is 342 g/mol. The number of carbonyl (C=O) groups excluding carboxylic acids is 2. The summed E-state index contributed by atoms with van der Waals surface area (Å²) in [6.07, 6.45) is -3.67. The van der Waals surface area contributed by atoms with Gasteiger partial charge in [0, 0.05) is 18.8 Å². The van der Waals surface area contributed by atoms with Gasteiger partial charge in [-0.2, -0.15) is 0 Å². The van der Waals surface area contributed by atoms with Gasteiger partial charge < -0.3 is 18.9 Å². The molecule has 0 aliphatic carbocycles. The molecule has 1 saturated heterocycles. The third-order valence-corrected chi connectivity index (χ3v) is 3.80. The Bertz CT molecular complexity index is 676. The van der Waals surface area contributed by atoms with Crippen LogP contribution < -0.4 is 0 Å². The molecule has 0 saturated carbocycles. The van der Waals surface area contributed by atoms with E-state index in [0.717, 1.165) is 5.56 Å². The highest BCUT2D eigenvalue weighted by molar-refractivity contribution is 5.67. The number of benzene rings is 1. The lowest BCUT2D eigenvalue weighted by Crippen LogP contribution is -2.59. The predicted molar refractivity (Wildman–Crippen MR) is 89.6 cm³/mol. The van der Waals surface area contributed by atoms with Gasteiger partial charge in [0.05, 0.1) is 12.7 Å². The number of carbonyl (C=O) groups is 2. The van der Waals surface area contributed by atoms with Crippen LogP contribution in [0.2, 0.25) is 0 Å². The highest BCUT2D eigenvalue weighted by Crippen LogP contribution is 2.29. The van der Waals surface area contributed by atoms with Gasteiger partial charge >= 0.3 is 11.9 Å². The zero-order valence-corrected chi connectivity index (χ0v) is 14.8. The molecule has 9 heteroatoms. The molecule has 1 aromatic rings. The number of rotatable bonds is 6. The number of azide groups is 1. The third-order valence-electron chi connectivity index (χ3n) is 3.80. The quantitative estimate of drug-likeness (QED) is 0.331. The number of hydrogen-bond donors (Lipinski definition) is 0. The average molecular weight is 363 g/mol. The maximum atomic E-state index is 11.5. The first-order valence-corrected chi connectivity index (χ1v) is 8.12. The molecule has 1 aliphatic rings. The van der Waals surface area contributed by atoms with Gasteiger partial charge in [-0.05, 0) is 18.0 Å². The van der Waals surface area contributed by atoms with Crippen molar-refractivity contribution in [2.45, 2.75) is 58.0 Å². The van der Waals surface area contributed by atoms with E-state index in [2.05, 4.69) is 10.0 Å². The lowest BCUT2D eigenvalue weighted by atomic mass is 9.97. The summed E-state index contributed by atoms with van der Waals surface area (Å²) in [6, 6.07) is 8.51. The van der Waals surface area contributed by atoms with Gasteiger partial charge in [-0.15, -0.1) is 0 Å². The number of hydrogen-bond acceptors (Lipinski definition) is 7. The van der Waals surface area contributed by atoms with Crippen LogP contribution in [-0.2, 0) is 35.1 Å². The molecule has 5 atom stereocenters. The van der Waals surface area contributed by atoms with Gasteiger partial charge in [0.2, 0.25) is 0 Å². The second kappa shape index (κ2) is 9.19. The van der Waals surface area contributed by atoms with Gasteiger partial charge in [0.1, 0.15) is 6.04 Å². The second-order valence-electron chi connectivity index (χ2n) is 5.85. The molecule has 9 nitrogen and oxygen atoms in total. The summed E-state index contributed by atoms with van der Waals surface area (Å²) in [5.41, 5.74) is 9.69. The zero-order chi connectivity index (χ0) is 19.1. The van der Waals surface area contributed by atoms with E-state index in [0.29, 0.717) is 0 Å². The summed E-state index contributed by atoms with van der Waals surface area (Å²) < 4.78 is 22.1. The first-order chi connectivity index (χ1) is 12.4. The van der Waals surface area contributed by atoms with Crippen LogP contribution in [0, 0.1) is 0 Å². The molecule has 1 heterocycles. The summed E-state index contributed by atoms with van der Waals surface area (Å²) in [7, 11) is 0. The Kier molecular flexibility index (Phi) is 6.97.